The first kappa shape index (κ1) is 23.9. The molecule has 5 rings (SSSR count). The Bertz CT molecular complexity index is 1520. The number of thiophene rings is 1. The normalized spacial score (nSPS) is 13.9. The van der Waals surface area contributed by atoms with Gasteiger partial charge in [0, 0.05) is 10.3 Å². The number of aryl methyl sites for hydroxylation is 2. The van der Waals surface area contributed by atoms with Gasteiger partial charge >= 0.3 is 5.97 Å². The Hall–Kier alpha value is -3.79. The average Bonchev–Trinajstić information content (AvgIpc) is 3.49. The molecule has 1 N–H and O–H groups in total. The highest BCUT2D eigenvalue weighted by Gasteiger charge is 2.29. The van der Waals surface area contributed by atoms with Crippen LogP contribution in [0.4, 0.5) is 5.00 Å². The van der Waals surface area contributed by atoms with Crippen molar-refractivity contribution < 1.29 is 14.3 Å². The Morgan fingerprint density at radius 3 is 2.69 bits per heavy atom. The average molecular weight is 506 g/mol. The molecule has 1 aliphatic carbocycles. The third-order valence-corrected chi connectivity index (χ3v) is 7.67. The van der Waals surface area contributed by atoms with Crippen molar-refractivity contribution in [1.82, 2.24) is 19.6 Å². The number of carbonyl (C=O) groups is 2. The summed E-state index contributed by atoms with van der Waals surface area (Å²) >= 11 is 1.41. The Labute approximate surface area is 211 Å². The maximum Gasteiger partial charge on any atom is 0.341 e. The Kier molecular flexibility index (Phi) is 6.44. The molecule has 0 spiro atoms. The molecule has 1 amide bonds. The first-order valence-corrected chi connectivity index (χ1v) is 12.9. The number of carbonyl (C=O) groups excluding carboxylic acids is 2. The third-order valence-electron chi connectivity index (χ3n) is 6.46. The maximum atomic E-state index is 13.5. The molecule has 0 radical (unpaired) electrons. The number of nitrogens with zero attached hydrogens (tertiary/aromatic N) is 4. The summed E-state index contributed by atoms with van der Waals surface area (Å²) in [5.74, 6) is -0.863. The lowest BCUT2D eigenvalue weighted by atomic mass is 9.95. The van der Waals surface area contributed by atoms with Crippen molar-refractivity contribution in [3.63, 3.8) is 0 Å². The Morgan fingerprint density at radius 2 is 1.94 bits per heavy atom. The van der Waals surface area contributed by atoms with Crippen LogP contribution in [0, 0.1) is 6.92 Å². The maximum absolute atomic E-state index is 13.5. The summed E-state index contributed by atoms with van der Waals surface area (Å²) in [4.78, 5) is 40.8. The van der Waals surface area contributed by atoms with Crippen molar-refractivity contribution in [2.75, 3.05) is 11.9 Å². The van der Waals surface area contributed by atoms with E-state index < -0.39 is 23.5 Å². The van der Waals surface area contributed by atoms with E-state index in [-0.39, 0.29) is 6.61 Å². The number of anilines is 1. The molecular formula is C26H27N5O4S. The minimum atomic E-state index is -0.922. The molecule has 0 fully saturated rings. The van der Waals surface area contributed by atoms with Crippen LogP contribution in [-0.4, -0.2) is 38.0 Å². The van der Waals surface area contributed by atoms with E-state index >= 15 is 0 Å². The van der Waals surface area contributed by atoms with Crippen molar-refractivity contribution in [3.05, 3.63) is 68.6 Å². The molecule has 0 bridgehead atoms. The van der Waals surface area contributed by atoms with Crippen LogP contribution in [0.2, 0.25) is 0 Å². The largest absolute Gasteiger partial charge is 0.462 e. The van der Waals surface area contributed by atoms with Gasteiger partial charge in [-0.3, -0.25) is 9.59 Å². The van der Waals surface area contributed by atoms with Gasteiger partial charge in [-0.15, -0.1) is 11.3 Å². The number of ether oxygens (including phenoxy) is 1. The van der Waals surface area contributed by atoms with Crippen LogP contribution in [-0.2, 0) is 22.4 Å². The van der Waals surface area contributed by atoms with E-state index in [1.54, 1.807) is 31.6 Å². The lowest BCUT2D eigenvalue weighted by Crippen LogP contribution is -2.34. The molecule has 4 aromatic rings. The second-order valence-electron chi connectivity index (χ2n) is 8.79. The number of aromatic nitrogens is 4. The van der Waals surface area contributed by atoms with E-state index in [2.05, 4.69) is 15.5 Å². The lowest BCUT2D eigenvalue weighted by molar-refractivity contribution is -0.119. The first-order valence-electron chi connectivity index (χ1n) is 12.1. The van der Waals surface area contributed by atoms with Gasteiger partial charge < -0.3 is 10.1 Å². The molecule has 9 nitrogen and oxygen atoms in total. The molecule has 186 valence electrons. The van der Waals surface area contributed by atoms with Gasteiger partial charge in [-0.05, 0) is 64.2 Å². The summed E-state index contributed by atoms with van der Waals surface area (Å²) in [7, 11) is 0. The smallest absolute Gasteiger partial charge is 0.341 e. The molecule has 1 aliphatic rings. The zero-order valence-corrected chi connectivity index (χ0v) is 21.2. The fourth-order valence-corrected chi connectivity index (χ4v) is 5.90. The summed E-state index contributed by atoms with van der Waals surface area (Å²) in [6, 6.07) is 8.42. The molecule has 3 heterocycles. The monoisotopic (exact) mass is 505 g/mol. The molecular weight excluding hydrogens is 478 g/mol. The van der Waals surface area contributed by atoms with Crippen LogP contribution in [0.3, 0.4) is 0 Å². The number of benzene rings is 1. The molecule has 3 aromatic heterocycles. The van der Waals surface area contributed by atoms with Gasteiger partial charge in [0.15, 0.2) is 0 Å². The zero-order chi connectivity index (χ0) is 25.4. The van der Waals surface area contributed by atoms with Gasteiger partial charge in [0.05, 0.1) is 29.7 Å². The quantitative estimate of drug-likeness (QED) is 0.394. The summed E-state index contributed by atoms with van der Waals surface area (Å²) in [6.45, 7) is 5.41. The number of amides is 1. The Balaban J connectivity index is 1.52. The summed E-state index contributed by atoms with van der Waals surface area (Å²) in [5.41, 5.74) is 2.66. The van der Waals surface area contributed by atoms with Crippen LogP contribution in [0.25, 0.3) is 16.6 Å². The second-order valence-corrected chi connectivity index (χ2v) is 9.90. The van der Waals surface area contributed by atoms with Crippen molar-refractivity contribution in [3.8, 4) is 5.69 Å². The predicted octanol–water partition coefficient (Wildman–Crippen LogP) is 4.21. The van der Waals surface area contributed by atoms with Crippen LogP contribution in [0.1, 0.15) is 59.2 Å². The van der Waals surface area contributed by atoms with E-state index in [0.29, 0.717) is 27.2 Å². The van der Waals surface area contributed by atoms with Crippen LogP contribution < -0.4 is 10.9 Å². The molecule has 1 atom stereocenters. The van der Waals surface area contributed by atoms with Crippen molar-refractivity contribution >= 4 is 39.1 Å². The highest BCUT2D eigenvalue weighted by atomic mass is 32.1. The van der Waals surface area contributed by atoms with E-state index in [9.17, 15) is 14.4 Å². The summed E-state index contributed by atoms with van der Waals surface area (Å²) in [5, 5.41) is 12.8. The van der Waals surface area contributed by atoms with E-state index in [1.165, 1.54) is 16.0 Å². The van der Waals surface area contributed by atoms with E-state index in [1.807, 2.05) is 30.3 Å². The molecule has 0 saturated heterocycles. The molecule has 1 aromatic carbocycles. The van der Waals surface area contributed by atoms with Crippen LogP contribution >= 0.6 is 11.3 Å². The van der Waals surface area contributed by atoms with Gasteiger partial charge in [0.1, 0.15) is 16.6 Å². The molecule has 0 saturated carbocycles. The SMILES string of the molecule is CCOC(=O)c1c(NC(=O)C(C)n2nc(C)c3cnn(-c4ccccc4)c3c2=O)sc2c1CCCC2. The van der Waals surface area contributed by atoms with Gasteiger partial charge in [-0.25, -0.2) is 14.2 Å². The predicted molar refractivity (Wildman–Crippen MR) is 138 cm³/mol. The fraction of sp³-hybridized carbons (Fsp3) is 0.346. The van der Waals surface area contributed by atoms with E-state index in [0.717, 1.165) is 41.8 Å². The number of nitrogens with one attached hydrogen (secondary N) is 1. The number of hydrogen-bond acceptors (Lipinski definition) is 7. The molecule has 1 unspecified atom stereocenters. The highest BCUT2D eigenvalue weighted by molar-refractivity contribution is 7.17. The Morgan fingerprint density at radius 1 is 1.19 bits per heavy atom. The molecule has 0 aliphatic heterocycles. The van der Waals surface area contributed by atoms with Gasteiger partial charge in [-0.1, -0.05) is 18.2 Å². The number of fused-ring (bicyclic) bond motifs is 2. The fourth-order valence-electron chi connectivity index (χ4n) is 4.62. The molecule has 10 heteroatoms. The summed E-state index contributed by atoms with van der Waals surface area (Å²) in [6.07, 6.45) is 5.31. The number of hydrogen-bond donors (Lipinski definition) is 1. The lowest BCUT2D eigenvalue weighted by Gasteiger charge is -2.16. The van der Waals surface area contributed by atoms with E-state index in [4.69, 9.17) is 4.74 Å². The van der Waals surface area contributed by atoms with Gasteiger partial charge in [-0.2, -0.15) is 10.2 Å². The minimum absolute atomic E-state index is 0.251. The topological polar surface area (TPSA) is 108 Å². The first-order chi connectivity index (χ1) is 17.4. The third kappa shape index (κ3) is 4.11. The van der Waals surface area contributed by atoms with Crippen molar-refractivity contribution in [2.24, 2.45) is 0 Å². The number of rotatable bonds is 6. The van der Waals surface area contributed by atoms with Crippen LogP contribution in [0.15, 0.2) is 41.3 Å². The minimum Gasteiger partial charge on any atom is -0.462 e. The molecule has 36 heavy (non-hydrogen) atoms. The van der Waals surface area contributed by atoms with Crippen LogP contribution in [0.5, 0.6) is 0 Å². The number of esters is 1. The van der Waals surface area contributed by atoms with Gasteiger partial charge in [0.2, 0.25) is 5.91 Å². The standard InChI is InChI=1S/C26H27N5O4S/c1-4-35-26(34)21-18-12-8-9-13-20(18)36-24(21)28-23(32)16(3)30-25(33)22-19(15(2)29-30)14-27-31(22)17-10-6-5-7-11-17/h5-7,10-11,14,16H,4,8-9,12-13H2,1-3H3,(H,28,32). The van der Waals surface area contributed by atoms with Crippen molar-refractivity contribution in [1.29, 1.82) is 0 Å². The zero-order valence-electron chi connectivity index (χ0n) is 20.4. The number of para-hydroxylation sites is 1. The van der Waals surface area contributed by atoms with Crippen molar-refractivity contribution in [2.45, 2.75) is 52.5 Å². The highest BCUT2D eigenvalue weighted by Crippen LogP contribution is 2.39. The second kappa shape index (κ2) is 9.69. The van der Waals surface area contributed by atoms with Gasteiger partial charge in [0.25, 0.3) is 5.56 Å². The summed E-state index contributed by atoms with van der Waals surface area (Å²) < 4.78 is 8.04.